The molecule has 29 heavy (non-hydrogen) atoms. The first-order valence-corrected chi connectivity index (χ1v) is 8.85. The van der Waals surface area contributed by atoms with Crippen LogP contribution in [-0.4, -0.2) is 28.7 Å². The van der Waals surface area contributed by atoms with Crippen LogP contribution < -0.4 is 20.9 Å². The molecule has 1 aromatic heterocycles. The Bertz CT molecular complexity index is 1090. The number of nitrogens with zero attached hydrogens (tertiary/aromatic N) is 2. The van der Waals surface area contributed by atoms with E-state index in [0.717, 1.165) is 10.2 Å². The zero-order valence-electron chi connectivity index (χ0n) is 16.0. The van der Waals surface area contributed by atoms with Crippen LogP contribution >= 0.6 is 0 Å². The maximum atomic E-state index is 12.4. The van der Waals surface area contributed by atoms with Crippen LogP contribution in [0.2, 0.25) is 0 Å². The van der Waals surface area contributed by atoms with Gasteiger partial charge in [0.05, 0.1) is 12.8 Å². The number of ether oxygens (including phenoxy) is 1. The van der Waals surface area contributed by atoms with Crippen LogP contribution in [0.15, 0.2) is 65.5 Å². The number of amides is 2. The van der Waals surface area contributed by atoms with E-state index in [1.54, 1.807) is 49.6 Å². The Hall–Kier alpha value is -3.94. The maximum absolute atomic E-state index is 12.4. The second-order valence-corrected chi connectivity index (χ2v) is 6.25. The van der Waals surface area contributed by atoms with Crippen molar-refractivity contribution >= 4 is 23.2 Å². The SMILES string of the molecule is COc1ccc(-c2ccc(=O)n(CC(=O)Nc3cccc(NC(C)=O)c3)n2)cc1. The first-order chi connectivity index (χ1) is 13.9. The molecule has 0 atom stereocenters. The summed E-state index contributed by atoms with van der Waals surface area (Å²) in [5, 5.41) is 9.63. The van der Waals surface area contributed by atoms with Gasteiger partial charge >= 0.3 is 0 Å². The van der Waals surface area contributed by atoms with Crippen LogP contribution in [-0.2, 0) is 16.1 Å². The molecule has 1 heterocycles. The van der Waals surface area contributed by atoms with Gasteiger partial charge in [-0.3, -0.25) is 14.4 Å². The van der Waals surface area contributed by atoms with Crippen molar-refractivity contribution in [3.8, 4) is 17.0 Å². The number of benzene rings is 2. The predicted octanol–water partition coefficient (Wildman–Crippen LogP) is 2.52. The maximum Gasteiger partial charge on any atom is 0.267 e. The van der Waals surface area contributed by atoms with E-state index in [4.69, 9.17) is 4.74 Å². The Labute approximate surface area is 167 Å². The van der Waals surface area contributed by atoms with E-state index in [1.807, 2.05) is 12.1 Å². The molecule has 0 aliphatic heterocycles. The summed E-state index contributed by atoms with van der Waals surface area (Å²) in [4.78, 5) is 35.7. The Morgan fingerprint density at radius 3 is 2.34 bits per heavy atom. The highest BCUT2D eigenvalue weighted by Gasteiger charge is 2.09. The van der Waals surface area contributed by atoms with Crippen molar-refractivity contribution in [3.63, 3.8) is 0 Å². The third-order valence-corrected chi connectivity index (χ3v) is 4.01. The number of nitrogens with one attached hydrogen (secondary N) is 2. The van der Waals surface area contributed by atoms with E-state index in [0.29, 0.717) is 22.8 Å². The summed E-state index contributed by atoms with van der Waals surface area (Å²) < 4.78 is 6.24. The third kappa shape index (κ3) is 5.29. The molecule has 0 saturated heterocycles. The minimum Gasteiger partial charge on any atom is -0.497 e. The smallest absolute Gasteiger partial charge is 0.267 e. The summed E-state index contributed by atoms with van der Waals surface area (Å²) in [6, 6.07) is 16.9. The molecule has 8 heteroatoms. The minimum atomic E-state index is -0.411. The van der Waals surface area contributed by atoms with Crippen molar-refractivity contribution in [2.45, 2.75) is 13.5 Å². The quantitative estimate of drug-likeness (QED) is 0.671. The lowest BCUT2D eigenvalue weighted by atomic mass is 10.1. The molecule has 0 fully saturated rings. The average Bonchev–Trinajstić information content (AvgIpc) is 2.69. The molecule has 0 bridgehead atoms. The standard InChI is InChI=1S/C21H20N4O4/c1-14(26)22-16-4-3-5-17(12-16)23-20(27)13-25-21(28)11-10-19(24-25)15-6-8-18(29-2)9-7-15/h3-12H,13H2,1-2H3,(H,22,26)(H,23,27). The molecule has 3 rings (SSSR count). The molecule has 0 saturated carbocycles. The van der Waals surface area contributed by atoms with Gasteiger partial charge in [0.1, 0.15) is 12.3 Å². The Morgan fingerprint density at radius 2 is 1.69 bits per heavy atom. The highest BCUT2D eigenvalue weighted by molar-refractivity contribution is 5.93. The zero-order chi connectivity index (χ0) is 20.8. The normalized spacial score (nSPS) is 10.3. The predicted molar refractivity (Wildman–Crippen MR) is 110 cm³/mol. The van der Waals surface area contributed by atoms with Crippen molar-refractivity contribution in [1.29, 1.82) is 0 Å². The summed E-state index contributed by atoms with van der Waals surface area (Å²) >= 11 is 0. The molecule has 0 aliphatic rings. The summed E-state index contributed by atoms with van der Waals surface area (Å²) in [7, 11) is 1.58. The van der Waals surface area contributed by atoms with Crippen molar-refractivity contribution in [3.05, 3.63) is 71.0 Å². The molecule has 0 spiro atoms. The molecular weight excluding hydrogens is 372 g/mol. The highest BCUT2D eigenvalue weighted by atomic mass is 16.5. The number of anilines is 2. The van der Waals surface area contributed by atoms with Crippen LogP contribution in [0.25, 0.3) is 11.3 Å². The number of carbonyl (C=O) groups is 2. The lowest BCUT2D eigenvalue weighted by molar-refractivity contribution is -0.117. The van der Waals surface area contributed by atoms with Gasteiger partial charge in [-0.05, 0) is 48.5 Å². The number of hydrogen-bond acceptors (Lipinski definition) is 5. The molecule has 0 radical (unpaired) electrons. The van der Waals surface area contributed by atoms with Gasteiger partial charge in [0.25, 0.3) is 5.56 Å². The molecule has 0 aliphatic carbocycles. The summed E-state index contributed by atoms with van der Waals surface area (Å²) in [5.74, 6) is 0.0916. The van der Waals surface area contributed by atoms with Crippen molar-refractivity contribution in [2.75, 3.05) is 17.7 Å². The summed E-state index contributed by atoms with van der Waals surface area (Å²) in [5.41, 5.74) is 2.03. The van der Waals surface area contributed by atoms with Gasteiger partial charge in [-0.2, -0.15) is 5.10 Å². The van der Waals surface area contributed by atoms with Gasteiger partial charge in [0, 0.05) is 29.9 Å². The van der Waals surface area contributed by atoms with Crippen LogP contribution in [0.3, 0.4) is 0 Å². The summed E-state index contributed by atoms with van der Waals surface area (Å²) in [6.07, 6.45) is 0. The van der Waals surface area contributed by atoms with E-state index >= 15 is 0 Å². The molecule has 2 N–H and O–H groups in total. The molecule has 0 unspecified atom stereocenters. The Balaban J connectivity index is 1.74. The van der Waals surface area contributed by atoms with Gasteiger partial charge in [0.2, 0.25) is 11.8 Å². The van der Waals surface area contributed by atoms with Gasteiger partial charge < -0.3 is 15.4 Å². The molecule has 8 nitrogen and oxygen atoms in total. The van der Waals surface area contributed by atoms with Crippen LogP contribution in [0.5, 0.6) is 5.75 Å². The topological polar surface area (TPSA) is 102 Å². The number of hydrogen-bond donors (Lipinski definition) is 2. The van der Waals surface area contributed by atoms with Crippen LogP contribution in [0.1, 0.15) is 6.92 Å². The molecule has 148 valence electrons. The van der Waals surface area contributed by atoms with Gasteiger partial charge in [-0.25, -0.2) is 4.68 Å². The van der Waals surface area contributed by atoms with Crippen LogP contribution in [0.4, 0.5) is 11.4 Å². The van der Waals surface area contributed by atoms with E-state index < -0.39 is 5.91 Å². The van der Waals surface area contributed by atoms with Crippen molar-refractivity contribution in [1.82, 2.24) is 9.78 Å². The first kappa shape index (κ1) is 19.8. The fourth-order valence-corrected chi connectivity index (χ4v) is 2.69. The second-order valence-electron chi connectivity index (χ2n) is 6.25. The number of methoxy groups -OCH3 is 1. The summed E-state index contributed by atoms with van der Waals surface area (Å²) in [6.45, 7) is 1.16. The molecule has 2 amide bonds. The number of aromatic nitrogens is 2. The van der Waals surface area contributed by atoms with Gasteiger partial charge in [-0.15, -0.1) is 0 Å². The molecule has 3 aromatic rings. The zero-order valence-corrected chi connectivity index (χ0v) is 16.0. The van der Waals surface area contributed by atoms with E-state index in [2.05, 4.69) is 15.7 Å². The second kappa shape index (κ2) is 8.83. The van der Waals surface area contributed by atoms with E-state index in [1.165, 1.54) is 13.0 Å². The van der Waals surface area contributed by atoms with Crippen LogP contribution in [0, 0.1) is 0 Å². The minimum absolute atomic E-state index is 0.209. The molecule has 2 aromatic carbocycles. The van der Waals surface area contributed by atoms with Crippen molar-refractivity contribution < 1.29 is 14.3 Å². The Kier molecular flexibility index (Phi) is 6.03. The number of rotatable bonds is 6. The van der Waals surface area contributed by atoms with E-state index in [-0.39, 0.29) is 18.0 Å². The van der Waals surface area contributed by atoms with Gasteiger partial charge in [0.15, 0.2) is 0 Å². The monoisotopic (exact) mass is 392 g/mol. The first-order valence-electron chi connectivity index (χ1n) is 8.85. The highest BCUT2D eigenvalue weighted by Crippen LogP contribution is 2.19. The molecular formula is C21H20N4O4. The lowest BCUT2D eigenvalue weighted by Crippen LogP contribution is -2.29. The Morgan fingerprint density at radius 1 is 1.00 bits per heavy atom. The fourth-order valence-electron chi connectivity index (χ4n) is 2.69. The van der Waals surface area contributed by atoms with E-state index in [9.17, 15) is 14.4 Å². The van der Waals surface area contributed by atoms with Crippen molar-refractivity contribution in [2.24, 2.45) is 0 Å². The largest absolute Gasteiger partial charge is 0.497 e. The fraction of sp³-hybridized carbons (Fsp3) is 0.143. The third-order valence-electron chi connectivity index (χ3n) is 4.01. The average molecular weight is 392 g/mol. The lowest BCUT2D eigenvalue weighted by Gasteiger charge is -2.10. The van der Waals surface area contributed by atoms with Gasteiger partial charge in [-0.1, -0.05) is 6.07 Å². The number of carbonyl (C=O) groups excluding carboxylic acids is 2.